The van der Waals surface area contributed by atoms with Gasteiger partial charge in [0.15, 0.2) is 5.78 Å². The van der Waals surface area contributed by atoms with Gasteiger partial charge < -0.3 is 48.5 Å². The lowest BCUT2D eigenvalue weighted by atomic mass is 9.75. The number of amides is 3. The van der Waals surface area contributed by atoms with Crippen LogP contribution in [0.1, 0.15) is 126 Å². The molecule has 78 heavy (non-hydrogen) atoms. The van der Waals surface area contributed by atoms with E-state index in [-0.39, 0.29) is 81.9 Å². The second kappa shape index (κ2) is 29.7. The molecule has 3 amide bonds. The number of aliphatic hydroxyl groups is 2. The van der Waals surface area contributed by atoms with Gasteiger partial charge in [0, 0.05) is 64.4 Å². The zero-order valence-electron chi connectivity index (χ0n) is 47.5. The minimum Gasteiger partial charge on any atom is -0.460 e. The molecule has 0 aromatic heterocycles. The third-order valence-corrected chi connectivity index (χ3v) is 16.6. The summed E-state index contributed by atoms with van der Waals surface area (Å²) in [4.78, 5) is 106. The summed E-state index contributed by atoms with van der Waals surface area (Å²) in [6.07, 6.45) is 8.81. The van der Waals surface area contributed by atoms with E-state index < -0.39 is 108 Å². The molecule has 0 radical (unpaired) electrons. The molecule has 0 unspecified atom stereocenters. The van der Waals surface area contributed by atoms with E-state index in [9.17, 15) is 54.2 Å². The van der Waals surface area contributed by atoms with Gasteiger partial charge in [0.2, 0.25) is 5.79 Å². The second-order valence-corrected chi connectivity index (χ2v) is 22.5. The highest BCUT2D eigenvalue weighted by Crippen LogP contribution is 2.39. The molecule has 0 spiro atoms. The summed E-state index contributed by atoms with van der Waals surface area (Å²) in [5.74, 6) is -10.7. The molecule has 5 rings (SSSR count). The summed E-state index contributed by atoms with van der Waals surface area (Å²) in [6, 6.07) is -2.94. The van der Waals surface area contributed by atoms with E-state index in [4.69, 9.17) is 28.5 Å². The van der Waals surface area contributed by atoms with E-state index in [0.29, 0.717) is 72.8 Å². The predicted octanol–water partition coefficient (Wildman–Crippen LogP) is 5.71. The van der Waals surface area contributed by atoms with E-state index in [0.717, 1.165) is 4.90 Å². The average molecular weight is 1100 g/mol. The number of urea groups is 1. The fourth-order valence-corrected chi connectivity index (χ4v) is 11.7. The number of methoxy groups -OCH3 is 2. The Kier molecular flexibility index (Phi) is 24.4. The molecule has 4 heterocycles. The number of carbonyl (C=O) groups is 7. The minimum atomic E-state index is -2.64. The van der Waals surface area contributed by atoms with Crippen LogP contribution in [-0.2, 0) is 57.3 Å². The topological polar surface area (TPSA) is 269 Å². The first-order valence-electron chi connectivity index (χ1n) is 27.9. The van der Waals surface area contributed by atoms with E-state index in [1.165, 1.54) is 26.2 Å². The maximum atomic E-state index is 14.6. The molecule has 0 aromatic carbocycles. The molecule has 4 fully saturated rings. The Labute approximate surface area is 459 Å². The van der Waals surface area contributed by atoms with Crippen molar-refractivity contribution >= 4 is 41.2 Å². The number of hydroxylamine groups is 4. The maximum absolute atomic E-state index is 14.6. The SMILES string of the molecule is CO[C@@H]1C[C@H](C[C@@H](C)[C@@H]2CC(=O)[C@H](C)/C=C(\C)[C@@H](O)[C@@H](OC)C(=O)[C@H](C)C[C@H](C)\C=C/C=C/C=C(\C)[C@@H](N(O)C(=O)N3CCOCC3)C[C@@H]3CC[C@@H](C)[C@@](O)(O3)C(=O)C(=O)N3CCCC[C@H]3C(=O)O2)CC[C@H]1C(=O)ON(C)O. The number of nitrogens with zero attached hydrogens (tertiary/aromatic N) is 4. The Hall–Kier alpha value is -4.71. The lowest BCUT2D eigenvalue weighted by Gasteiger charge is -2.43. The standard InChI is InChI=1S/C57H88N4O17/c1-34-16-12-11-13-17-35(2)45(61(72)56(69)59-24-26-75-27-25-59)32-42-21-19-40(7)57(70,77-42)52(65)53(66)60-23-15-14-18-44(60)55(68)76-47(37(4)30-41-20-22-43(48(31-41)73-9)54(67)78-58(8)71)33-46(62)36(3)29-39(6)50(64)51(74-10)49(63)38(5)28-34/h11-13,16-17,29,34,36-38,40-45,47-48,50-51,64,70-72H,14-15,18-28,30-33H2,1-10H3/b13-11+,16-12-,35-17+,39-29+/t34-,36-,37-,38-,40-,41+,42+,43-,44+,45+,47+,48-,50-,51+,57-/m1/s1. The number of esters is 1. The van der Waals surface area contributed by atoms with Crippen molar-refractivity contribution in [1.82, 2.24) is 20.1 Å². The third kappa shape index (κ3) is 16.7. The number of Topliss-reactive ketones (excluding diaryl/α,β-unsaturated/α-hetero) is 3. The Balaban J connectivity index is 1.50. The zero-order chi connectivity index (χ0) is 57.6. The summed E-state index contributed by atoms with van der Waals surface area (Å²) in [6.45, 7) is 13.2. The van der Waals surface area contributed by atoms with Crippen molar-refractivity contribution in [3.8, 4) is 0 Å². The first-order valence-corrected chi connectivity index (χ1v) is 27.9. The fraction of sp³-hybridized carbons (Fsp3) is 0.737. The van der Waals surface area contributed by atoms with Crippen LogP contribution in [0.2, 0.25) is 0 Å². The number of allylic oxidation sites excluding steroid dienone is 6. The van der Waals surface area contributed by atoms with Crippen molar-refractivity contribution in [2.75, 3.05) is 54.1 Å². The number of morpholine rings is 1. The summed E-state index contributed by atoms with van der Waals surface area (Å²) in [7, 11) is 4.01. The van der Waals surface area contributed by atoms with Crippen LogP contribution >= 0.6 is 0 Å². The minimum absolute atomic E-state index is 0.0163. The molecule has 3 saturated heterocycles. The number of rotatable bonds is 8. The van der Waals surface area contributed by atoms with Gasteiger partial charge in [-0.3, -0.25) is 29.6 Å². The number of hydrogen-bond acceptors (Lipinski definition) is 18. The van der Waals surface area contributed by atoms with Crippen LogP contribution in [0.25, 0.3) is 0 Å². The van der Waals surface area contributed by atoms with Crippen LogP contribution in [0, 0.1) is 41.4 Å². The highest BCUT2D eigenvalue weighted by Gasteiger charge is 2.53. The first-order chi connectivity index (χ1) is 36.9. The van der Waals surface area contributed by atoms with Gasteiger partial charge in [-0.1, -0.05) is 71.1 Å². The van der Waals surface area contributed by atoms with Crippen molar-refractivity contribution in [2.24, 2.45) is 41.4 Å². The maximum Gasteiger partial charge on any atom is 0.344 e. The van der Waals surface area contributed by atoms with Gasteiger partial charge in [0.05, 0.1) is 44.4 Å². The summed E-state index contributed by atoms with van der Waals surface area (Å²) in [5, 5.41) is 45.9. The molecule has 1 saturated carbocycles. The smallest absolute Gasteiger partial charge is 0.344 e. The summed E-state index contributed by atoms with van der Waals surface area (Å²) in [5.41, 5.74) is 0.867. The lowest BCUT2D eigenvalue weighted by Crippen LogP contribution is -2.61. The molecule has 4 N–H and O–H groups in total. The van der Waals surface area contributed by atoms with Gasteiger partial charge >= 0.3 is 18.0 Å². The third-order valence-electron chi connectivity index (χ3n) is 16.6. The molecular formula is C57H88N4O17. The van der Waals surface area contributed by atoms with Crippen molar-refractivity contribution in [3.05, 3.63) is 47.6 Å². The van der Waals surface area contributed by atoms with E-state index >= 15 is 0 Å². The zero-order valence-corrected chi connectivity index (χ0v) is 47.5. The highest BCUT2D eigenvalue weighted by atomic mass is 16.9. The molecule has 1 aliphatic carbocycles. The number of hydrogen-bond donors (Lipinski definition) is 4. The quantitative estimate of drug-likeness (QED) is 0.0745. The number of aliphatic hydroxyl groups excluding tert-OH is 1. The fourth-order valence-electron chi connectivity index (χ4n) is 11.7. The Morgan fingerprint density at radius 2 is 1.58 bits per heavy atom. The van der Waals surface area contributed by atoms with Gasteiger partial charge in [-0.25, -0.2) is 14.4 Å². The number of ether oxygens (including phenoxy) is 5. The van der Waals surface area contributed by atoms with Gasteiger partial charge in [-0.15, -0.1) is 0 Å². The molecule has 21 heteroatoms. The summed E-state index contributed by atoms with van der Waals surface area (Å²) >= 11 is 0. The molecule has 21 nitrogen and oxygen atoms in total. The van der Waals surface area contributed by atoms with Crippen LogP contribution in [-0.4, -0.2) is 184 Å². The van der Waals surface area contributed by atoms with Gasteiger partial charge in [-0.05, 0) is 112 Å². The van der Waals surface area contributed by atoms with Crippen molar-refractivity contribution < 1.29 is 82.7 Å². The van der Waals surface area contributed by atoms with E-state index in [2.05, 4.69) is 0 Å². The van der Waals surface area contributed by atoms with Crippen LogP contribution in [0.5, 0.6) is 0 Å². The average Bonchev–Trinajstić information content (AvgIpc) is 3.43. The monoisotopic (exact) mass is 1100 g/mol. The summed E-state index contributed by atoms with van der Waals surface area (Å²) < 4.78 is 29.3. The Morgan fingerprint density at radius 3 is 2.24 bits per heavy atom. The number of ketones is 3. The van der Waals surface area contributed by atoms with Crippen molar-refractivity contribution in [3.63, 3.8) is 0 Å². The molecule has 15 atom stereocenters. The molecule has 0 aromatic rings. The second-order valence-electron chi connectivity index (χ2n) is 22.5. The predicted molar refractivity (Wildman–Crippen MR) is 283 cm³/mol. The first kappa shape index (κ1) is 64.1. The van der Waals surface area contributed by atoms with Crippen LogP contribution in [0.15, 0.2) is 47.6 Å². The molecular weight excluding hydrogens is 1010 g/mol. The van der Waals surface area contributed by atoms with E-state index in [1.807, 2.05) is 26.0 Å². The number of piperidine rings is 1. The Bertz CT molecular complexity index is 2210. The molecule has 5 aliphatic rings. The number of cyclic esters (lactones) is 1. The van der Waals surface area contributed by atoms with Gasteiger partial charge in [-0.2, -0.15) is 5.06 Å². The number of carbonyl (C=O) groups excluding carboxylic acids is 7. The van der Waals surface area contributed by atoms with Crippen LogP contribution < -0.4 is 0 Å². The highest BCUT2D eigenvalue weighted by molar-refractivity contribution is 6.39. The molecule has 438 valence electrons. The van der Waals surface area contributed by atoms with Gasteiger partial charge in [0.25, 0.3) is 11.7 Å². The number of fused-ring (bicyclic) bond motifs is 3. The van der Waals surface area contributed by atoms with Crippen LogP contribution in [0.3, 0.4) is 0 Å². The molecule has 2 bridgehead atoms. The lowest BCUT2D eigenvalue weighted by molar-refractivity contribution is -0.306. The van der Waals surface area contributed by atoms with Crippen molar-refractivity contribution in [1.29, 1.82) is 0 Å². The Morgan fingerprint density at radius 1 is 0.872 bits per heavy atom. The van der Waals surface area contributed by atoms with E-state index in [1.54, 1.807) is 58.9 Å². The largest absolute Gasteiger partial charge is 0.460 e. The van der Waals surface area contributed by atoms with Crippen molar-refractivity contribution in [2.45, 2.75) is 174 Å². The normalized spacial score (nSPS) is 36.8. The van der Waals surface area contributed by atoms with Gasteiger partial charge in [0.1, 0.15) is 30.1 Å². The van der Waals surface area contributed by atoms with Crippen LogP contribution in [0.4, 0.5) is 4.79 Å². The molecule has 4 aliphatic heterocycles.